The lowest BCUT2D eigenvalue weighted by atomic mass is 9.94. The van der Waals surface area contributed by atoms with E-state index in [1.165, 1.54) is 5.56 Å². The maximum atomic E-state index is 12.4. The van der Waals surface area contributed by atoms with Crippen LogP contribution in [-0.4, -0.2) is 54.4 Å². The number of nitrogens with one attached hydrogen (secondary N) is 1. The lowest BCUT2D eigenvalue weighted by molar-refractivity contribution is -0.126. The Hall–Kier alpha value is -1.43. The highest BCUT2D eigenvalue weighted by atomic mass is 16.5. The number of hydrogen-bond acceptors (Lipinski definition) is 4. The zero-order valence-electron chi connectivity index (χ0n) is 14.4. The Labute approximate surface area is 144 Å². The molecule has 0 bridgehead atoms. The number of carbonyl (C=O) groups excluding carboxylic acids is 1. The Balaban J connectivity index is 1.54. The summed E-state index contributed by atoms with van der Waals surface area (Å²) in [6.07, 6.45) is 2.70. The largest absolute Gasteiger partial charge is 0.393 e. The molecule has 2 N–H and O–H groups in total. The van der Waals surface area contributed by atoms with Crippen molar-refractivity contribution in [3.63, 3.8) is 0 Å². The van der Waals surface area contributed by atoms with Crippen LogP contribution in [0.2, 0.25) is 0 Å². The van der Waals surface area contributed by atoms with E-state index >= 15 is 0 Å². The fourth-order valence-corrected chi connectivity index (χ4v) is 3.91. The molecule has 2 aliphatic rings. The number of morpholine rings is 1. The van der Waals surface area contributed by atoms with Gasteiger partial charge < -0.3 is 15.2 Å². The lowest BCUT2D eigenvalue weighted by Crippen LogP contribution is -2.53. The summed E-state index contributed by atoms with van der Waals surface area (Å²) in [5.74, 6) is 0.270. The predicted molar refractivity (Wildman–Crippen MR) is 92.6 cm³/mol. The lowest BCUT2D eigenvalue weighted by Gasteiger charge is -2.39. The smallest absolute Gasteiger partial charge is 0.234 e. The van der Waals surface area contributed by atoms with Crippen molar-refractivity contribution in [3.8, 4) is 0 Å². The molecule has 5 heteroatoms. The molecule has 132 valence electrons. The summed E-state index contributed by atoms with van der Waals surface area (Å²) in [5, 5.41) is 13.2. The highest BCUT2D eigenvalue weighted by Gasteiger charge is 2.38. The van der Waals surface area contributed by atoms with Gasteiger partial charge in [-0.15, -0.1) is 0 Å². The van der Waals surface area contributed by atoms with Crippen molar-refractivity contribution in [2.24, 2.45) is 5.92 Å². The van der Waals surface area contributed by atoms with Crippen LogP contribution >= 0.6 is 0 Å². The fraction of sp³-hybridized carbons (Fsp3) is 0.632. The molecule has 0 radical (unpaired) electrons. The summed E-state index contributed by atoms with van der Waals surface area (Å²) in [6.45, 7) is 5.03. The summed E-state index contributed by atoms with van der Waals surface area (Å²) in [7, 11) is 0. The maximum absolute atomic E-state index is 12.4. The normalized spacial score (nSPS) is 28.0. The zero-order valence-corrected chi connectivity index (χ0v) is 14.4. The number of aliphatic hydroxyl groups is 1. The van der Waals surface area contributed by atoms with Crippen LogP contribution in [0.25, 0.3) is 0 Å². The molecule has 0 unspecified atom stereocenters. The third kappa shape index (κ3) is 4.15. The van der Waals surface area contributed by atoms with E-state index in [9.17, 15) is 9.90 Å². The Morgan fingerprint density at radius 1 is 1.38 bits per heavy atom. The van der Waals surface area contributed by atoms with Gasteiger partial charge in [-0.1, -0.05) is 30.7 Å². The van der Waals surface area contributed by atoms with E-state index in [0.717, 1.165) is 31.4 Å². The zero-order chi connectivity index (χ0) is 16.9. The van der Waals surface area contributed by atoms with Gasteiger partial charge in [-0.25, -0.2) is 0 Å². The van der Waals surface area contributed by atoms with Gasteiger partial charge in [0, 0.05) is 25.0 Å². The van der Waals surface area contributed by atoms with Crippen LogP contribution < -0.4 is 5.32 Å². The van der Waals surface area contributed by atoms with Crippen LogP contribution in [0.4, 0.5) is 0 Å². The molecule has 1 amide bonds. The second kappa shape index (κ2) is 8.10. The summed E-state index contributed by atoms with van der Waals surface area (Å²) >= 11 is 0. The molecule has 1 aromatic carbocycles. The van der Waals surface area contributed by atoms with Gasteiger partial charge in [-0.2, -0.15) is 0 Å². The number of rotatable bonds is 5. The van der Waals surface area contributed by atoms with E-state index in [1.54, 1.807) is 0 Å². The molecule has 2 fully saturated rings. The van der Waals surface area contributed by atoms with E-state index in [1.807, 2.05) is 18.2 Å². The standard InChI is InChI=1S/C19H28N2O3/c1-14-5-2-3-6-15(14)11-20-19(23)12-21-9-10-24-13-17(21)16-7-4-8-18(16)22/h2-3,5-6,16-18,22H,4,7-13H2,1H3,(H,20,23)/t16-,17-,18+/m1/s1. The van der Waals surface area contributed by atoms with E-state index in [-0.39, 0.29) is 24.0 Å². The number of aryl methyl sites for hydroxylation is 1. The van der Waals surface area contributed by atoms with E-state index in [2.05, 4.69) is 23.2 Å². The number of nitrogens with zero attached hydrogens (tertiary/aromatic N) is 1. The number of carbonyl (C=O) groups is 1. The Bertz CT molecular complexity index is 563. The fourth-order valence-electron chi connectivity index (χ4n) is 3.91. The van der Waals surface area contributed by atoms with Crippen LogP contribution in [0.15, 0.2) is 24.3 Å². The van der Waals surface area contributed by atoms with Crippen molar-refractivity contribution in [2.45, 2.75) is 44.9 Å². The second-order valence-corrected chi connectivity index (χ2v) is 6.98. The molecule has 1 aliphatic heterocycles. The Kier molecular flexibility index (Phi) is 5.87. The number of ether oxygens (including phenoxy) is 1. The molecule has 0 spiro atoms. The minimum atomic E-state index is -0.255. The first-order valence-electron chi connectivity index (χ1n) is 8.96. The van der Waals surface area contributed by atoms with Gasteiger partial charge >= 0.3 is 0 Å². The molecule has 1 aromatic rings. The summed E-state index contributed by atoms with van der Waals surface area (Å²) in [5.41, 5.74) is 2.34. The van der Waals surface area contributed by atoms with Gasteiger partial charge in [-0.3, -0.25) is 9.69 Å². The van der Waals surface area contributed by atoms with Crippen LogP contribution in [0, 0.1) is 12.8 Å². The monoisotopic (exact) mass is 332 g/mol. The molecule has 24 heavy (non-hydrogen) atoms. The molecular weight excluding hydrogens is 304 g/mol. The van der Waals surface area contributed by atoms with Crippen LogP contribution in [0.3, 0.4) is 0 Å². The van der Waals surface area contributed by atoms with Crippen LogP contribution in [0.1, 0.15) is 30.4 Å². The van der Waals surface area contributed by atoms with Crippen molar-refractivity contribution in [3.05, 3.63) is 35.4 Å². The molecule has 1 aliphatic carbocycles. The van der Waals surface area contributed by atoms with Crippen LogP contribution in [0.5, 0.6) is 0 Å². The SMILES string of the molecule is Cc1ccccc1CNC(=O)CN1CCOC[C@@H]1[C@H]1CCC[C@@H]1O. The van der Waals surface area contributed by atoms with Crippen molar-refractivity contribution < 1.29 is 14.6 Å². The number of amides is 1. The van der Waals surface area contributed by atoms with E-state index in [0.29, 0.717) is 26.3 Å². The summed E-state index contributed by atoms with van der Waals surface area (Å²) in [6, 6.07) is 8.25. The molecule has 1 saturated heterocycles. The highest BCUT2D eigenvalue weighted by Crippen LogP contribution is 2.32. The van der Waals surface area contributed by atoms with E-state index < -0.39 is 0 Å². The molecule has 0 aromatic heterocycles. The van der Waals surface area contributed by atoms with Gasteiger partial charge in [0.1, 0.15) is 0 Å². The second-order valence-electron chi connectivity index (χ2n) is 6.98. The maximum Gasteiger partial charge on any atom is 0.234 e. The van der Waals surface area contributed by atoms with Gasteiger partial charge in [0.25, 0.3) is 0 Å². The average Bonchev–Trinajstić information content (AvgIpc) is 3.00. The first-order valence-corrected chi connectivity index (χ1v) is 8.96. The van der Waals surface area contributed by atoms with Crippen molar-refractivity contribution >= 4 is 5.91 Å². The van der Waals surface area contributed by atoms with Gasteiger partial charge in [-0.05, 0) is 30.9 Å². The molecular formula is C19H28N2O3. The topological polar surface area (TPSA) is 61.8 Å². The Morgan fingerprint density at radius 2 is 2.21 bits per heavy atom. The molecule has 1 saturated carbocycles. The predicted octanol–water partition coefficient (Wildman–Crippen LogP) is 1.47. The molecule has 3 atom stereocenters. The molecule has 1 heterocycles. The third-order valence-electron chi connectivity index (χ3n) is 5.39. The third-order valence-corrected chi connectivity index (χ3v) is 5.39. The Morgan fingerprint density at radius 3 is 2.96 bits per heavy atom. The van der Waals surface area contributed by atoms with Gasteiger partial charge in [0.2, 0.25) is 5.91 Å². The van der Waals surface area contributed by atoms with Gasteiger partial charge in [0.05, 0.1) is 25.9 Å². The number of aliphatic hydroxyl groups excluding tert-OH is 1. The first-order chi connectivity index (χ1) is 11.6. The summed E-state index contributed by atoms with van der Waals surface area (Å²) in [4.78, 5) is 14.6. The van der Waals surface area contributed by atoms with Crippen molar-refractivity contribution in [1.82, 2.24) is 10.2 Å². The van der Waals surface area contributed by atoms with Crippen LogP contribution in [-0.2, 0) is 16.1 Å². The van der Waals surface area contributed by atoms with Crippen molar-refractivity contribution in [2.75, 3.05) is 26.3 Å². The quantitative estimate of drug-likeness (QED) is 0.857. The summed E-state index contributed by atoms with van der Waals surface area (Å²) < 4.78 is 5.62. The molecule has 5 nitrogen and oxygen atoms in total. The number of benzene rings is 1. The minimum Gasteiger partial charge on any atom is -0.393 e. The molecule has 3 rings (SSSR count). The van der Waals surface area contributed by atoms with E-state index in [4.69, 9.17) is 4.74 Å². The first kappa shape index (κ1) is 17.4. The van der Waals surface area contributed by atoms with Crippen molar-refractivity contribution in [1.29, 1.82) is 0 Å². The highest BCUT2D eigenvalue weighted by molar-refractivity contribution is 5.78. The number of hydrogen-bond donors (Lipinski definition) is 2. The van der Waals surface area contributed by atoms with Gasteiger partial charge in [0.15, 0.2) is 0 Å². The average molecular weight is 332 g/mol. The minimum absolute atomic E-state index is 0.0395.